The number of aryl methyl sites for hydroxylation is 1. The largest absolute Gasteiger partial charge is 0.401 e. The Balaban J connectivity index is 1.96. The molecule has 0 atom stereocenters. The lowest BCUT2D eigenvalue weighted by atomic mass is 10.3. The molecule has 0 saturated heterocycles. The normalized spacial score (nSPS) is 16.1. The van der Waals surface area contributed by atoms with Crippen molar-refractivity contribution < 1.29 is 26.0 Å². The summed E-state index contributed by atoms with van der Waals surface area (Å²) in [6.07, 6.45) is -1.82. The maximum atomic E-state index is 14.7. The van der Waals surface area contributed by atoms with Crippen molar-refractivity contribution in [3.8, 4) is 6.01 Å². The summed E-state index contributed by atoms with van der Waals surface area (Å²) in [5.74, 6) is -2.05. The van der Waals surface area contributed by atoms with Gasteiger partial charge in [0.25, 0.3) is 5.89 Å². The van der Waals surface area contributed by atoms with E-state index in [-0.39, 0.29) is 17.6 Å². The highest BCUT2D eigenvalue weighted by Gasteiger charge is 2.42. The van der Waals surface area contributed by atoms with Crippen molar-refractivity contribution in [2.24, 2.45) is 0 Å². The molecule has 13 heteroatoms. The Morgan fingerprint density at radius 3 is 2.52 bits per heavy atom. The predicted molar refractivity (Wildman–Crippen MR) is 93.9 cm³/mol. The number of alkyl halides is 2. The average Bonchev–Trinajstić information content (AvgIpc) is 3.05. The minimum absolute atomic E-state index is 0.0587. The van der Waals surface area contributed by atoms with Crippen molar-refractivity contribution in [1.82, 2.24) is 24.1 Å². The summed E-state index contributed by atoms with van der Waals surface area (Å²) in [4.78, 5) is 12.1. The van der Waals surface area contributed by atoms with E-state index in [4.69, 9.17) is 4.42 Å². The van der Waals surface area contributed by atoms with Crippen molar-refractivity contribution in [3.63, 3.8) is 0 Å². The van der Waals surface area contributed by atoms with E-state index < -0.39 is 50.3 Å². The van der Waals surface area contributed by atoms with Crippen LogP contribution in [0.25, 0.3) is 17.0 Å². The van der Waals surface area contributed by atoms with Gasteiger partial charge in [0, 0.05) is 18.2 Å². The number of nitrogens with one attached hydrogen (secondary N) is 1. The highest BCUT2D eigenvalue weighted by atomic mass is 32.2. The van der Waals surface area contributed by atoms with Crippen LogP contribution in [0.4, 0.5) is 13.2 Å². The Bertz CT molecular complexity index is 1270. The summed E-state index contributed by atoms with van der Waals surface area (Å²) >= 11 is 0. The van der Waals surface area contributed by atoms with E-state index in [2.05, 4.69) is 14.9 Å². The fourth-order valence-electron chi connectivity index (χ4n) is 3.02. The first-order valence-electron chi connectivity index (χ1n) is 8.67. The fraction of sp³-hybridized carbons (Fsp3) is 0.438. The van der Waals surface area contributed by atoms with Crippen LogP contribution < -0.4 is 10.4 Å². The van der Waals surface area contributed by atoms with E-state index in [1.54, 1.807) is 13.8 Å². The Kier molecular flexibility index (Phi) is 4.35. The molecule has 1 fully saturated rings. The molecule has 1 aliphatic carbocycles. The van der Waals surface area contributed by atoms with Crippen LogP contribution in [0.2, 0.25) is 0 Å². The number of halogens is 3. The predicted octanol–water partition coefficient (Wildman–Crippen LogP) is 2.10. The highest BCUT2D eigenvalue weighted by molar-refractivity contribution is 7.89. The van der Waals surface area contributed by atoms with Gasteiger partial charge in [-0.25, -0.2) is 26.9 Å². The summed E-state index contributed by atoms with van der Waals surface area (Å²) in [6.45, 7) is 3.41. The molecule has 1 saturated carbocycles. The van der Waals surface area contributed by atoms with E-state index in [0.29, 0.717) is 12.8 Å². The second-order valence-corrected chi connectivity index (χ2v) is 8.67. The quantitative estimate of drug-likeness (QED) is 0.640. The first-order valence-corrected chi connectivity index (χ1v) is 10.2. The molecule has 4 rings (SSSR count). The molecule has 2 aromatic heterocycles. The smallest absolute Gasteiger partial charge is 0.337 e. The molecule has 29 heavy (non-hydrogen) atoms. The van der Waals surface area contributed by atoms with Gasteiger partial charge in [0.2, 0.25) is 10.0 Å². The molecule has 3 aromatic rings. The number of nitrogens with zero attached hydrogens (tertiary/aromatic N) is 4. The van der Waals surface area contributed by atoms with E-state index in [1.165, 1.54) is 0 Å². The molecule has 0 bridgehead atoms. The van der Waals surface area contributed by atoms with Crippen LogP contribution in [-0.2, 0) is 16.6 Å². The van der Waals surface area contributed by atoms with Crippen LogP contribution in [0.3, 0.4) is 0 Å². The Hall–Kier alpha value is -2.67. The Labute approximate surface area is 162 Å². The number of benzene rings is 1. The summed E-state index contributed by atoms with van der Waals surface area (Å²) < 4.78 is 74.8. The van der Waals surface area contributed by atoms with Crippen LogP contribution in [0.15, 0.2) is 26.2 Å². The van der Waals surface area contributed by atoms with Crippen LogP contribution in [0, 0.1) is 5.82 Å². The number of fused-ring (bicyclic) bond motifs is 1. The lowest BCUT2D eigenvalue weighted by Crippen LogP contribution is -2.34. The standard InChI is InChI=1S/C16H16F3N5O4S/c1-3-23-9-6-8(17)11(29(26,27)22-16(2)4-5-16)7-10(9)24(15(23)25)14-21-20-13(28-14)12(18)19/h6-7,12,22H,3-5H2,1-2H3. The topological polar surface area (TPSA) is 112 Å². The van der Waals surface area contributed by atoms with Gasteiger partial charge >= 0.3 is 18.1 Å². The molecule has 156 valence electrons. The van der Waals surface area contributed by atoms with Gasteiger partial charge < -0.3 is 4.42 Å². The lowest BCUT2D eigenvalue weighted by Gasteiger charge is -2.13. The second-order valence-electron chi connectivity index (χ2n) is 7.02. The van der Waals surface area contributed by atoms with Crippen LogP contribution in [0.5, 0.6) is 0 Å². The van der Waals surface area contributed by atoms with Crippen LogP contribution in [0.1, 0.15) is 39.0 Å². The molecule has 1 aromatic carbocycles. The zero-order valence-corrected chi connectivity index (χ0v) is 16.1. The first kappa shape index (κ1) is 19.6. The second kappa shape index (κ2) is 6.42. The van der Waals surface area contributed by atoms with Crippen molar-refractivity contribution in [2.75, 3.05) is 0 Å². The van der Waals surface area contributed by atoms with Gasteiger partial charge in [0.05, 0.1) is 11.0 Å². The lowest BCUT2D eigenvalue weighted by molar-refractivity contribution is 0.115. The maximum Gasteiger partial charge on any atom is 0.337 e. The van der Waals surface area contributed by atoms with E-state index in [9.17, 15) is 26.4 Å². The number of imidazole rings is 1. The van der Waals surface area contributed by atoms with Crippen LogP contribution >= 0.6 is 0 Å². The summed E-state index contributed by atoms with van der Waals surface area (Å²) in [7, 11) is -4.23. The van der Waals surface area contributed by atoms with Crippen LogP contribution in [-0.4, -0.2) is 33.3 Å². The number of aromatic nitrogens is 4. The molecule has 0 spiro atoms. The Morgan fingerprint density at radius 1 is 1.28 bits per heavy atom. The van der Waals surface area contributed by atoms with Gasteiger partial charge in [-0.1, -0.05) is 5.10 Å². The van der Waals surface area contributed by atoms with Gasteiger partial charge in [0.1, 0.15) is 10.7 Å². The minimum Gasteiger partial charge on any atom is -0.401 e. The zero-order chi connectivity index (χ0) is 21.1. The highest BCUT2D eigenvalue weighted by Crippen LogP contribution is 2.36. The number of sulfonamides is 1. The third-order valence-corrected chi connectivity index (χ3v) is 6.43. The molecular formula is C16H16F3N5O4S. The monoisotopic (exact) mass is 431 g/mol. The molecule has 0 amide bonds. The molecule has 1 aliphatic rings. The van der Waals surface area contributed by atoms with Crippen molar-refractivity contribution in [1.29, 1.82) is 0 Å². The first-order chi connectivity index (χ1) is 13.6. The van der Waals surface area contributed by atoms with Gasteiger partial charge in [-0.2, -0.15) is 8.78 Å². The summed E-state index contributed by atoms with van der Waals surface area (Å²) in [6, 6.07) is 1.29. The molecular weight excluding hydrogens is 415 g/mol. The van der Waals surface area contributed by atoms with E-state index in [0.717, 1.165) is 21.3 Å². The third kappa shape index (κ3) is 3.23. The van der Waals surface area contributed by atoms with Gasteiger partial charge in [0.15, 0.2) is 0 Å². The molecule has 1 N–H and O–H groups in total. The maximum absolute atomic E-state index is 14.7. The van der Waals surface area contributed by atoms with E-state index in [1.807, 2.05) is 0 Å². The SMILES string of the molecule is CCn1c(=O)n(-c2nnc(C(F)F)o2)c2cc(S(=O)(=O)NC3(C)CC3)c(F)cc21. The number of hydrogen-bond donors (Lipinski definition) is 1. The van der Waals surface area contributed by atoms with Crippen molar-refractivity contribution in [3.05, 3.63) is 34.3 Å². The number of rotatable bonds is 6. The van der Waals surface area contributed by atoms with Gasteiger partial charge in [-0.3, -0.25) is 4.57 Å². The van der Waals surface area contributed by atoms with Gasteiger partial charge in [-0.05, 0) is 32.8 Å². The van der Waals surface area contributed by atoms with E-state index >= 15 is 0 Å². The summed E-state index contributed by atoms with van der Waals surface area (Å²) in [5.41, 5.74) is -1.41. The number of hydrogen-bond acceptors (Lipinski definition) is 6. The van der Waals surface area contributed by atoms with Crippen molar-refractivity contribution >= 4 is 21.1 Å². The fourth-order valence-corrected chi connectivity index (χ4v) is 4.57. The minimum atomic E-state index is -4.23. The molecule has 2 heterocycles. The molecule has 9 nitrogen and oxygen atoms in total. The molecule has 0 aliphatic heterocycles. The van der Waals surface area contributed by atoms with Crippen molar-refractivity contribution in [2.45, 2.75) is 50.1 Å². The molecule has 0 unspecified atom stereocenters. The zero-order valence-electron chi connectivity index (χ0n) is 15.3. The summed E-state index contributed by atoms with van der Waals surface area (Å²) in [5, 5.41) is 6.62. The average molecular weight is 431 g/mol. The molecule has 0 radical (unpaired) electrons. The van der Waals surface area contributed by atoms with Gasteiger partial charge in [-0.15, -0.1) is 5.10 Å². The Morgan fingerprint density at radius 2 is 1.97 bits per heavy atom. The third-order valence-electron chi connectivity index (χ3n) is 4.78.